The molecule has 0 bridgehead atoms. The highest BCUT2D eigenvalue weighted by atomic mass is 127. The highest BCUT2D eigenvalue weighted by molar-refractivity contribution is 14.1. The zero-order valence-corrected chi connectivity index (χ0v) is 14.9. The average Bonchev–Trinajstić information content (AvgIpc) is 2.43. The van der Waals surface area contributed by atoms with Gasteiger partial charge in [-0.15, -0.1) is 0 Å². The molecule has 1 aromatic carbocycles. The lowest BCUT2D eigenvalue weighted by Crippen LogP contribution is -2.17. The van der Waals surface area contributed by atoms with E-state index < -0.39 is 0 Å². The van der Waals surface area contributed by atoms with Crippen molar-refractivity contribution in [3.63, 3.8) is 0 Å². The van der Waals surface area contributed by atoms with Crippen LogP contribution in [0, 0.1) is 9.39 Å². The second-order valence-electron chi connectivity index (χ2n) is 5.42. The van der Waals surface area contributed by atoms with E-state index in [1.165, 1.54) is 50.5 Å². The molecular formula is C17H27FIN. The summed E-state index contributed by atoms with van der Waals surface area (Å²) in [5.41, 5.74) is 1.22. The van der Waals surface area contributed by atoms with Crippen LogP contribution in [0.4, 0.5) is 4.39 Å². The molecule has 1 N–H and O–H groups in total. The van der Waals surface area contributed by atoms with Crippen LogP contribution in [0.25, 0.3) is 0 Å². The molecule has 0 amide bonds. The highest BCUT2D eigenvalue weighted by Gasteiger charge is 2.12. The summed E-state index contributed by atoms with van der Waals surface area (Å²) in [6.45, 7) is 2.25. The van der Waals surface area contributed by atoms with Crippen molar-refractivity contribution >= 4 is 22.6 Å². The Kier molecular flexibility index (Phi) is 9.44. The van der Waals surface area contributed by atoms with Crippen molar-refractivity contribution in [3.05, 3.63) is 33.1 Å². The van der Waals surface area contributed by atoms with E-state index in [1.807, 2.05) is 13.1 Å². The molecule has 1 unspecified atom stereocenters. The van der Waals surface area contributed by atoms with Gasteiger partial charge in [-0.25, -0.2) is 4.39 Å². The van der Waals surface area contributed by atoms with Gasteiger partial charge in [0, 0.05) is 9.61 Å². The highest BCUT2D eigenvalue weighted by Crippen LogP contribution is 2.25. The summed E-state index contributed by atoms with van der Waals surface area (Å²) in [4.78, 5) is 0. The number of benzene rings is 1. The molecule has 1 aromatic rings. The third-order valence-electron chi connectivity index (χ3n) is 3.78. The molecule has 0 radical (unpaired) electrons. The van der Waals surface area contributed by atoms with Crippen LogP contribution < -0.4 is 5.32 Å². The summed E-state index contributed by atoms with van der Waals surface area (Å²) < 4.78 is 14.2. The van der Waals surface area contributed by atoms with Gasteiger partial charge in [-0.2, -0.15) is 0 Å². The Morgan fingerprint density at radius 3 is 2.35 bits per heavy atom. The number of unbranched alkanes of at least 4 members (excludes halogenated alkanes) is 6. The Morgan fingerprint density at radius 2 is 1.75 bits per heavy atom. The third kappa shape index (κ3) is 6.53. The molecule has 3 heteroatoms. The standard InChI is InChI=1S/C17H27FIN/c1-3-4-5-6-7-8-9-10-17(20-2)15-12-11-14(18)13-16(15)19/h11-13,17,20H,3-10H2,1-2H3. The SMILES string of the molecule is CCCCCCCCCC(NC)c1ccc(F)cc1I. The van der Waals surface area contributed by atoms with E-state index in [0.29, 0.717) is 6.04 Å². The predicted molar refractivity (Wildman–Crippen MR) is 93.5 cm³/mol. The van der Waals surface area contributed by atoms with E-state index in [9.17, 15) is 4.39 Å². The summed E-state index contributed by atoms with van der Waals surface area (Å²) in [6, 6.07) is 5.44. The number of nitrogens with one attached hydrogen (secondary N) is 1. The third-order valence-corrected chi connectivity index (χ3v) is 4.72. The first-order valence-electron chi connectivity index (χ1n) is 7.81. The van der Waals surface area contributed by atoms with Crippen molar-refractivity contribution in [1.29, 1.82) is 0 Å². The molecule has 0 heterocycles. The smallest absolute Gasteiger partial charge is 0.124 e. The maximum atomic E-state index is 13.1. The summed E-state index contributed by atoms with van der Waals surface area (Å²) >= 11 is 2.23. The zero-order valence-electron chi connectivity index (χ0n) is 12.7. The monoisotopic (exact) mass is 391 g/mol. The van der Waals surface area contributed by atoms with Crippen LogP contribution in [-0.2, 0) is 0 Å². The normalized spacial score (nSPS) is 12.6. The van der Waals surface area contributed by atoms with Crippen LogP contribution in [-0.4, -0.2) is 7.05 Å². The van der Waals surface area contributed by atoms with Gasteiger partial charge in [-0.3, -0.25) is 0 Å². The fraction of sp³-hybridized carbons (Fsp3) is 0.647. The van der Waals surface area contributed by atoms with Crippen molar-refractivity contribution in [2.45, 2.75) is 64.3 Å². The van der Waals surface area contributed by atoms with Crippen LogP contribution >= 0.6 is 22.6 Å². The molecule has 114 valence electrons. The zero-order chi connectivity index (χ0) is 14.8. The van der Waals surface area contributed by atoms with Gasteiger partial charge in [-0.1, -0.05) is 57.9 Å². The van der Waals surface area contributed by atoms with Crippen LogP contribution in [0.2, 0.25) is 0 Å². The maximum Gasteiger partial charge on any atom is 0.124 e. The summed E-state index contributed by atoms with van der Waals surface area (Å²) in [6.07, 6.45) is 10.4. The molecule has 0 fully saturated rings. The van der Waals surface area contributed by atoms with Gasteiger partial charge < -0.3 is 5.32 Å². The van der Waals surface area contributed by atoms with Crippen molar-refractivity contribution in [2.75, 3.05) is 7.05 Å². The molecule has 0 aromatic heterocycles. The van der Waals surface area contributed by atoms with Gasteiger partial charge >= 0.3 is 0 Å². The number of hydrogen-bond acceptors (Lipinski definition) is 1. The maximum absolute atomic E-state index is 13.1. The molecule has 1 atom stereocenters. The lowest BCUT2D eigenvalue weighted by molar-refractivity contribution is 0.493. The lowest BCUT2D eigenvalue weighted by Gasteiger charge is -2.18. The second-order valence-corrected chi connectivity index (χ2v) is 6.58. The Morgan fingerprint density at radius 1 is 1.10 bits per heavy atom. The van der Waals surface area contributed by atoms with Crippen molar-refractivity contribution < 1.29 is 4.39 Å². The predicted octanol–water partition coefficient (Wildman–Crippen LogP) is 5.83. The average molecular weight is 391 g/mol. The topological polar surface area (TPSA) is 12.0 Å². The van der Waals surface area contributed by atoms with Crippen LogP contribution in [0.1, 0.15) is 69.9 Å². The van der Waals surface area contributed by atoms with E-state index >= 15 is 0 Å². The largest absolute Gasteiger partial charge is 0.313 e. The van der Waals surface area contributed by atoms with E-state index in [0.717, 1.165) is 9.99 Å². The molecular weight excluding hydrogens is 364 g/mol. The fourth-order valence-electron chi connectivity index (χ4n) is 2.55. The van der Waals surface area contributed by atoms with Crippen LogP contribution in [0.15, 0.2) is 18.2 Å². The lowest BCUT2D eigenvalue weighted by atomic mass is 9.99. The van der Waals surface area contributed by atoms with E-state index in [4.69, 9.17) is 0 Å². The molecule has 0 aliphatic heterocycles. The van der Waals surface area contributed by atoms with Crippen molar-refractivity contribution in [1.82, 2.24) is 5.32 Å². The minimum Gasteiger partial charge on any atom is -0.313 e. The first-order valence-corrected chi connectivity index (χ1v) is 8.89. The van der Waals surface area contributed by atoms with Gasteiger partial charge in [0.1, 0.15) is 5.82 Å². The number of hydrogen-bond donors (Lipinski definition) is 1. The van der Waals surface area contributed by atoms with Gasteiger partial charge in [0.05, 0.1) is 0 Å². The molecule has 0 spiro atoms. The van der Waals surface area contributed by atoms with E-state index in [-0.39, 0.29) is 5.82 Å². The number of halogens is 2. The number of rotatable bonds is 10. The van der Waals surface area contributed by atoms with Crippen molar-refractivity contribution in [3.8, 4) is 0 Å². The molecule has 20 heavy (non-hydrogen) atoms. The Balaban J connectivity index is 2.32. The fourth-order valence-corrected chi connectivity index (χ4v) is 3.40. The van der Waals surface area contributed by atoms with E-state index in [1.54, 1.807) is 12.1 Å². The summed E-state index contributed by atoms with van der Waals surface area (Å²) in [5.74, 6) is -0.149. The summed E-state index contributed by atoms with van der Waals surface area (Å²) in [7, 11) is 1.99. The second kappa shape index (κ2) is 10.6. The first-order chi connectivity index (χ1) is 9.69. The Bertz CT molecular complexity index is 381. The Hall–Kier alpha value is -0.160. The Labute approximate surface area is 136 Å². The summed E-state index contributed by atoms with van der Waals surface area (Å²) in [5, 5.41) is 3.36. The van der Waals surface area contributed by atoms with Gasteiger partial charge in [0.2, 0.25) is 0 Å². The van der Waals surface area contributed by atoms with Crippen LogP contribution in [0.5, 0.6) is 0 Å². The van der Waals surface area contributed by atoms with Gasteiger partial charge in [0.25, 0.3) is 0 Å². The first kappa shape index (κ1) is 17.9. The van der Waals surface area contributed by atoms with Crippen molar-refractivity contribution in [2.24, 2.45) is 0 Å². The minimum atomic E-state index is -0.149. The molecule has 0 aliphatic carbocycles. The molecule has 1 nitrogen and oxygen atoms in total. The molecule has 0 saturated heterocycles. The quantitative estimate of drug-likeness (QED) is 0.391. The minimum absolute atomic E-state index is 0.149. The van der Waals surface area contributed by atoms with Crippen LogP contribution in [0.3, 0.4) is 0 Å². The molecule has 1 rings (SSSR count). The van der Waals surface area contributed by atoms with Gasteiger partial charge in [0.15, 0.2) is 0 Å². The molecule has 0 saturated carbocycles. The van der Waals surface area contributed by atoms with Gasteiger partial charge in [-0.05, 0) is 53.8 Å². The molecule has 0 aliphatic rings. The van der Waals surface area contributed by atoms with E-state index in [2.05, 4.69) is 34.8 Å².